The second-order valence-electron chi connectivity index (χ2n) is 0.283. The van der Waals surface area contributed by atoms with E-state index in [0.29, 0.717) is 0 Å². The molecular formula is CH8Cl2Mg2O3. The predicted octanol–water partition coefficient (Wildman–Crippen LogP) is 0.754. The van der Waals surface area contributed by atoms with Crippen LogP contribution in [0.3, 0.4) is 0 Å². The van der Waals surface area contributed by atoms with Crippen LogP contribution >= 0.6 is 24.8 Å². The van der Waals surface area contributed by atoms with Crippen molar-refractivity contribution in [2.24, 2.45) is 0 Å². The number of hydrogen-bond acceptors (Lipinski definition) is 1. The molecule has 0 aromatic rings. The Bertz CT molecular complexity index is 49.3. The molecule has 3 nitrogen and oxygen atoms in total. The fourth-order valence-corrected chi connectivity index (χ4v) is 0. The van der Waals surface area contributed by atoms with Gasteiger partial charge in [0.1, 0.15) is 0 Å². The van der Waals surface area contributed by atoms with Crippen molar-refractivity contribution in [3.05, 3.63) is 0 Å². The first-order valence-corrected chi connectivity index (χ1v) is 0.651. The molecule has 0 spiro atoms. The molecule has 0 heterocycles. The van der Waals surface area contributed by atoms with Gasteiger partial charge < -0.3 is 15.9 Å². The van der Waals surface area contributed by atoms with Gasteiger partial charge in [-0.1, -0.05) is 0 Å². The van der Waals surface area contributed by atoms with Crippen molar-refractivity contribution in [3.8, 4) is 0 Å². The van der Waals surface area contributed by atoms with Crippen molar-refractivity contribution in [3.63, 3.8) is 0 Å². The number of halogens is 2. The summed E-state index contributed by atoms with van der Waals surface area (Å²) in [5, 5.41) is 13.9. The first kappa shape index (κ1) is 34.3. The van der Waals surface area contributed by atoms with E-state index < -0.39 is 6.16 Å². The van der Waals surface area contributed by atoms with Gasteiger partial charge >= 0.3 is 52.3 Å². The van der Waals surface area contributed by atoms with Crippen LogP contribution in [0.15, 0.2) is 0 Å². The maximum atomic E-state index is 8.56. The van der Waals surface area contributed by atoms with Crippen molar-refractivity contribution in [2.45, 2.75) is 0 Å². The molecule has 0 saturated heterocycles. The van der Waals surface area contributed by atoms with Gasteiger partial charge in [0.05, 0.1) is 0 Å². The van der Waals surface area contributed by atoms with Crippen molar-refractivity contribution in [1.29, 1.82) is 0 Å². The molecule has 0 aromatic carbocycles. The molecule has 0 unspecified atom stereocenters. The Morgan fingerprint density at radius 3 is 1.12 bits per heavy atom. The molecule has 0 atom stereocenters. The monoisotopic (exact) mass is 186 g/mol. The Kier molecular flexibility index (Phi) is 102. The van der Waals surface area contributed by atoms with Crippen LogP contribution in [-0.2, 0) is 0 Å². The minimum atomic E-state index is -1.83. The second-order valence-corrected chi connectivity index (χ2v) is 0.283. The van der Waals surface area contributed by atoms with Gasteiger partial charge in [-0.2, -0.15) is 0 Å². The zero-order valence-electron chi connectivity index (χ0n) is 8.03. The molecule has 0 amide bonds. The van der Waals surface area contributed by atoms with Crippen LogP contribution in [0.5, 0.6) is 0 Å². The topological polar surface area (TPSA) is 57.5 Å². The van der Waals surface area contributed by atoms with Gasteiger partial charge in [-0.25, -0.2) is 4.79 Å². The van der Waals surface area contributed by atoms with Crippen molar-refractivity contribution >= 4 is 77.1 Å². The average molecular weight is 188 g/mol. The van der Waals surface area contributed by atoms with E-state index >= 15 is 0 Å². The molecule has 0 aliphatic heterocycles. The maximum Gasteiger partial charge on any atom is 2.00 e. The summed E-state index contributed by atoms with van der Waals surface area (Å²) in [4.78, 5) is 8.56. The molecule has 48 valence electrons. The van der Waals surface area contributed by atoms with Crippen LogP contribution in [-0.4, -0.2) is 62.5 Å². The van der Waals surface area contributed by atoms with E-state index in [2.05, 4.69) is 0 Å². The summed E-state index contributed by atoms with van der Waals surface area (Å²) >= 11 is 0. The quantitative estimate of drug-likeness (QED) is 0.551. The van der Waals surface area contributed by atoms with Gasteiger partial charge in [0.15, 0.2) is 0 Å². The van der Waals surface area contributed by atoms with Gasteiger partial charge in [-0.3, -0.25) is 0 Å². The molecule has 0 bridgehead atoms. The molecule has 0 aliphatic rings. The molecule has 0 rings (SSSR count). The Labute approximate surface area is 97.3 Å². The molecule has 8 heavy (non-hydrogen) atoms. The van der Waals surface area contributed by atoms with Gasteiger partial charge in [-0.05, 0) is 0 Å². The molecule has 0 aromatic heterocycles. The molecule has 0 aliphatic carbocycles. The van der Waals surface area contributed by atoms with Crippen molar-refractivity contribution in [2.75, 3.05) is 0 Å². The maximum absolute atomic E-state index is 8.56. The Hall–Kier alpha value is 1.38. The van der Waals surface area contributed by atoms with Crippen LogP contribution in [0.4, 0.5) is 4.79 Å². The summed E-state index contributed by atoms with van der Waals surface area (Å²) in [6.45, 7) is 0. The largest absolute Gasteiger partial charge is 2.00 e. The molecule has 0 saturated carbocycles. The number of hydrogen-bond donors (Lipinski definition) is 2. The van der Waals surface area contributed by atoms with Crippen LogP contribution < -0.4 is 0 Å². The first-order chi connectivity index (χ1) is 1.73. The van der Waals surface area contributed by atoms with Crippen LogP contribution in [0, 0.1) is 0 Å². The van der Waals surface area contributed by atoms with Gasteiger partial charge in [-0.15, -0.1) is 24.8 Å². The van der Waals surface area contributed by atoms with E-state index in [1.54, 1.807) is 0 Å². The minimum absolute atomic E-state index is 0. The van der Waals surface area contributed by atoms with E-state index in [4.69, 9.17) is 15.0 Å². The number of carboxylic acid groups (broad SMARTS) is 2. The predicted molar refractivity (Wildman–Crippen MR) is 41.1 cm³/mol. The van der Waals surface area contributed by atoms with Gasteiger partial charge in [0.2, 0.25) is 0 Å². The third-order valence-electron chi connectivity index (χ3n) is 0. The van der Waals surface area contributed by atoms with Crippen LogP contribution in [0.2, 0.25) is 0 Å². The zero-order valence-corrected chi connectivity index (χ0v) is 8.49. The van der Waals surface area contributed by atoms with E-state index in [0.717, 1.165) is 0 Å². The fraction of sp³-hybridized carbons (Fsp3) is 0. The molecule has 0 fully saturated rings. The molecule has 7 heteroatoms. The first-order valence-electron chi connectivity index (χ1n) is 0.651. The summed E-state index contributed by atoms with van der Waals surface area (Å²) in [6.07, 6.45) is -1.83. The van der Waals surface area contributed by atoms with Gasteiger partial charge in [0, 0.05) is 0 Å². The van der Waals surface area contributed by atoms with E-state index in [9.17, 15) is 0 Å². The van der Waals surface area contributed by atoms with Crippen LogP contribution in [0.1, 0.15) is 5.71 Å². The van der Waals surface area contributed by atoms with E-state index in [-0.39, 0.29) is 76.6 Å². The number of carbonyl (C=O) groups is 1. The molecule has 0 radical (unpaired) electrons. The molecular weight excluding hydrogens is 180 g/mol. The average Bonchev–Trinajstić information content (AvgIpc) is 0.811. The van der Waals surface area contributed by atoms with Crippen LogP contribution in [0.25, 0.3) is 0 Å². The summed E-state index contributed by atoms with van der Waals surface area (Å²) in [7, 11) is 0. The van der Waals surface area contributed by atoms with Gasteiger partial charge in [0.25, 0.3) is 0 Å². The third-order valence-corrected chi connectivity index (χ3v) is 0. The summed E-state index contributed by atoms with van der Waals surface area (Å²) in [6, 6.07) is 0. The van der Waals surface area contributed by atoms with E-state index in [1.165, 1.54) is 0 Å². The standard InChI is InChI=1S/CH2O3.2ClH.2Mg.4H/c2-1(3)4;;;;;;;;/h(H2,2,3,4);2*1H;;;;;;/q;;;2*+2;4*-1. The minimum Gasteiger partial charge on any atom is -1.00 e. The smallest absolute Gasteiger partial charge is 1.00 e. The summed E-state index contributed by atoms with van der Waals surface area (Å²) in [5.41, 5.74) is 0. The summed E-state index contributed by atoms with van der Waals surface area (Å²) in [5.74, 6) is 0. The van der Waals surface area contributed by atoms with E-state index in [1.807, 2.05) is 0 Å². The zero-order chi connectivity index (χ0) is 3.58. The normalized spacial score (nSPS) is 3.00. The fourth-order valence-electron chi connectivity index (χ4n) is 0. The number of rotatable bonds is 0. The second kappa shape index (κ2) is 23.8. The third kappa shape index (κ3) is 157. The Balaban J connectivity index is -0.00000000161. The molecule has 2 N–H and O–H groups in total. The van der Waals surface area contributed by atoms with Crippen molar-refractivity contribution < 1.29 is 20.7 Å². The Morgan fingerprint density at radius 1 is 1.12 bits per heavy atom. The SMILES string of the molecule is Cl.Cl.O=C(O)O.[H-].[H-].[H-].[H-].[Mg+2].[Mg+2]. The Morgan fingerprint density at radius 2 is 1.12 bits per heavy atom. The van der Waals surface area contributed by atoms with Crippen molar-refractivity contribution in [1.82, 2.24) is 0 Å². The summed E-state index contributed by atoms with van der Waals surface area (Å²) < 4.78 is 0.